The summed E-state index contributed by atoms with van der Waals surface area (Å²) in [6.07, 6.45) is 3.18. The van der Waals surface area contributed by atoms with Crippen LogP contribution in [0.15, 0.2) is 30.3 Å². The minimum Gasteiger partial charge on any atom is -0.352 e. The van der Waals surface area contributed by atoms with Crippen molar-refractivity contribution >= 4 is 5.91 Å². The lowest BCUT2D eigenvalue weighted by Crippen LogP contribution is -2.29. The SMILES string of the molecule is O=C(CCN1CCCC1)NCc1ccccc1. The number of likely N-dealkylation sites (tertiary alicyclic amines) is 1. The van der Waals surface area contributed by atoms with Gasteiger partial charge in [0.1, 0.15) is 0 Å². The van der Waals surface area contributed by atoms with Crippen molar-refractivity contribution in [2.45, 2.75) is 25.8 Å². The third-order valence-electron chi connectivity index (χ3n) is 3.19. The fraction of sp³-hybridized carbons (Fsp3) is 0.500. The highest BCUT2D eigenvalue weighted by Crippen LogP contribution is 2.07. The molecule has 1 aliphatic heterocycles. The molecule has 1 heterocycles. The van der Waals surface area contributed by atoms with Crippen LogP contribution in [0.3, 0.4) is 0 Å². The molecule has 1 amide bonds. The zero-order valence-electron chi connectivity index (χ0n) is 10.2. The van der Waals surface area contributed by atoms with E-state index in [2.05, 4.69) is 10.2 Å². The minimum absolute atomic E-state index is 0.153. The molecule has 1 aliphatic rings. The molecule has 1 aromatic carbocycles. The molecular weight excluding hydrogens is 212 g/mol. The molecule has 0 saturated carbocycles. The van der Waals surface area contributed by atoms with E-state index in [0.29, 0.717) is 13.0 Å². The third kappa shape index (κ3) is 4.19. The van der Waals surface area contributed by atoms with E-state index in [1.54, 1.807) is 0 Å². The van der Waals surface area contributed by atoms with Crippen molar-refractivity contribution in [1.82, 2.24) is 10.2 Å². The first-order chi connectivity index (χ1) is 8.34. The average molecular weight is 232 g/mol. The zero-order valence-corrected chi connectivity index (χ0v) is 10.2. The largest absolute Gasteiger partial charge is 0.352 e. The molecule has 3 nitrogen and oxygen atoms in total. The summed E-state index contributed by atoms with van der Waals surface area (Å²) in [7, 11) is 0. The summed E-state index contributed by atoms with van der Waals surface area (Å²) >= 11 is 0. The van der Waals surface area contributed by atoms with Crippen LogP contribution in [0.1, 0.15) is 24.8 Å². The molecule has 1 N–H and O–H groups in total. The van der Waals surface area contributed by atoms with Crippen LogP contribution in [0, 0.1) is 0 Å². The number of amides is 1. The predicted molar refractivity (Wildman–Crippen MR) is 68.6 cm³/mol. The average Bonchev–Trinajstić information content (AvgIpc) is 2.88. The second kappa shape index (κ2) is 6.40. The minimum atomic E-state index is 0.153. The molecule has 17 heavy (non-hydrogen) atoms. The Labute approximate surface area is 103 Å². The molecular formula is C14H20N2O. The topological polar surface area (TPSA) is 32.3 Å². The predicted octanol–water partition coefficient (Wildman–Crippen LogP) is 1.79. The molecule has 1 fully saturated rings. The number of benzene rings is 1. The Bertz CT molecular complexity index is 344. The van der Waals surface area contributed by atoms with Gasteiger partial charge in [0.15, 0.2) is 0 Å². The molecule has 0 aliphatic carbocycles. The number of carbonyl (C=O) groups is 1. The summed E-state index contributed by atoms with van der Waals surface area (Å²) in [4.78, 5) is 14.0. The van der Waals surface area contributed by atoms with Gasteiger partial charge in [0.25, 0.3) is 0 Å². The number of rotatable bonds is 5. The number of carbonyl (C=O) groups excluding carboxylic acids is 1. The maximum atomic E-state index is 11.6. The first-order valence-electron chi connectivity index (χ1n) is 6.37. The molecule has 92 valence electrons. The molecule has 2 rings (SSSR count). The summed E-state index contributed by atoms with van der Waals surface area (Å²) in [6.45, 7) is 3.86. The van der Waals surface area contributed by atoms with Gasteiger partial charge in [-0.3, -0.25) is 4.79 Å². The normalized spacial score (nSPS) is 16.0. The van der Waals surface area contributed by atoms with Gasteiger partial charge in [0.05, 0.1) is 0 Å². The summed E-state index contributed by atoms with van der Waals surface area (Å²) in [6, 6.07) is 10.0. The maximum Gasteiger partial charge on any atom is 0.221 e. The molecule has 0 unspecified atom stereocenters. The van der Waals surface area contributed by atoms with Crippen LogP contribution >= 0.6 is 0 Å². The molecule has 0 spiro atoms. The summed E-state index contributed by atoms with van der Waals surface area (Å²) in [5.74, 6) is 0.153. The lowest BCUT2D eigenvalue weighted by Gasteiger charge is -2.13. The highest BCUT2D eigenvalue weighted by atomic mass is 16.1. The standard InChI is InChI=1S/C14H20N2O/c17-14(8-11-16-9-4-5-10-16)15-12-13-6-2-1-3-7-13/h1-3,6-7H,4-5,8-12H2,(H,15,17). The van der Waals surface area contributed by atoms with E-state index in [4.69, 9.17) is 0 Å². The molecule has 3 heteroatoms. The third-order valence-corrected chi connectivity index (χ3v) is 3.19. The van der Waals surface area contributed by atoms with Gasteiger partial charge in [-0.1, -0.05) is 30.3 Å². The Balaban J connectivity index is 1.64. The van der Waals surface area contributed by atoms with Gasteiger partial charge >= 0.3 is 0 Å². The molecule has 1 saturated heterocycles. The van der Waals surface area contributed by atoms with Gasteiger partial charge in [-0.25, -0.2) is 0 Å². The summed E-state index contributed by atoms with van der Waals surface area (Å²) in [5, 5.41) is 2.96. The molecule has 0 radical (unpaired) electrons. The van der Waals surface area contributed by atoms with E-state index < -0.39 is 0 Å². The smallest absolute Gasteiger partial charge is 0.221 e. The Morgan fingerprint density at radius 2 is 1.88 bits per heavy atom. The van der Waals surface area contributed by atoms with Gasteiger partial charge in [-0.05, 0) is 31.5 Å². The van der Waals surface area contributed by atoms with E-state index in [1.165, 1.54) is 12.8 Å². The van der Waals surface area contributed by atoms with Crippen molar-refractivity contribution in [1.29, 1.82) is 0 Å². The quantitative estimate of drug-likeness (QED) is 0.839. The Morgan fingerprint density at radius 1 is 1.18 bits per heavy atom. The molecule has 1 aromatic rings. The Morgan fingerprint density at radius 3 is 2.59 bits per heavy atom. The van der Waals surface area contributed by atoms with Crippen LogP contribution in [0.25, 0.3) is 0 Å². The summed E-state index contributed by atoms with van der Waals surface area (Å²) < 4.78 is 0. The summed E-state index contributed by atoms with van der Waals surface area (Å²) in [5.41, 5.74) is 1.15. The number of hydrogen-bond acceptors (Lipinski definition) is 2. The first-order valence-corrected chi connectivity index (χ1v) is 6.37. The van der Waals surface area contributed by atoms with Crippen LogP contribution in [0.2, 0.25) is 0 Å². The monoisotopic (exact) mass is 232 g/mol. The van der Waals surface area contributed by atoms with E-state index in [1.807, 2.05) is 30.3 Å². The molecule has 0 aromatic heterocycles. The van der Waals surface area contributed by atoms with Gasteiger partial charge in [-0.2, -0.15) is 0 Å². The second-order valence-electron chi connectivity index (χ2n) is 4.56. The number of nitrogens with one attached hydrogen (secondary N) is 1. The second-order valence-corrected chi connectivity index (χ2v) is 4.56. The van der Waals surface area contributed by atoms with Gasteiger partial charge in [0.2, 0.25) is 5.91 Å². The van der Waals surface area contributed by atoms with Crippen LogP contribution in [-0.4, -0.2) is 30.4 Å². The van der Waals surface area contributed by atoms with E-state index in [9.17, 15) is 4.79 Å². The fourth-order valence-electron chi connectivity index (χ4n) is 2.15. The van der Waals surface area contributed by atoms with E-state index in [0.717, 1.165) is 25.2 Å². The Hall–Kier alpha value is -1.35. The number of hydrogen-bond donors (Lipinski definition) is 1. The van der Waals surface area contributed by atoms with Crippen LogP contribution < -0.4 is 5.32 Å². The zero-order chi connectivity index (χ0) is 11.9. The van der Waals surface area contributed by atoms with Gasteiger partial charge in [-0.15, -0.1) is 0 Å². The molecule has 0 bridgehead atoms. The highest BCUT2D eigenvalue weighted by Gasteiger charge is 2.12. The lowest BCUT2D eigenvalue weighted by molar-refractivity contribution is -0.121. The fourth-order valence-corrected chi connectivity index (χ4v) is 2.15. The van der Waals surface area contributed by atoms with Crippen LogP contribution in [-0.2, 0) is 11.3 Å². The lowest BCUT2D eigenvalue weighted by atomic mass is 10.2. The van der Waals surface area contributed by atoms with Crippen LogP contribution in [0.4, 0.5) is 0 Å². The van der Waals surface area contributed by atoms with Crippen molar-refractivity contribution in [3.05, 3.63) is 35.9 Å². The molecule has 0 atom stereocenters. The maximum absolute atomic E-state index is 11.6. The van der Waals surface area contributed by atoms with Crippen LogP contribution in [0.5, 0.6) is 0 Å². The van der Waals surface area contributed by atoms with Crippen molar-refractivity contribution in [3.8, 4) is 0 Å². The number of nitrogens with zero attached hydrogens (tertiary/aromatic N) is 1. The van der Waals surface area contributed by atoms with Crippen molar-refractivity contribution in [3.63, 3.8) is 0 Å². The van der Waals surface area contributed by atoms with E-state index >= 15 is 0 Å². The Kier molecular flexibility index (Phi) is 4.56. The van der Waals surface area contributed by atoms with Crippen molar-refractivity contribution in [2.24, 2.45) is 0 Å². The van der Waals surface area contributed by atoms with Gasteiger partial charge in [0, 0.05) is 19.5 Å². The van der Waals surface area contributed by atoms with Crippen molar-refractivity contribution in [2.75, 3.05) is 19.6 Å². The highest BCUT2D eigenvalue weighted by molar-refractivity contribution is 5.76. The van der Waals surface area contributed by atoms with Gasteiger partial charge < -0.3 is 10.2 Å². The first kappa shape index (κ1) is 12.1. The van der Waals surface area contributed by atoms with Crippen molar-refractivity contribution < 1.29 is 4.79 Å². The van der Waals surface area contributed by atoms with E-state index in [-0.39, 0.29) is 5.91 Å².